The molecule has 3 aromatic rings. The van der Waals surface area contributed by atoms with E-state index < -0.39 is 5.82 Å². The van der Waals surface area contributed by atoms with Gasteiger partial charge in [0.25, 0.3) is 0 Å². The van der Waals surface area contributed by atoms with Crippen LogP contribution in [-0.4, -0.2) is 52.1 Å². The smallest absolute Gasteiger partial charge is 0.161 e. The van der Waals surface area contributed by atoms with Crippen molar-refractivity contribution < 1.29 is 13.9 Å². The van der Waals surface area contributed by atoms with Crippen molar-refractivity contribution in [3.63, 3.8) is 0 Å². The Kier molecular flexibility index (Phi) is 3.91. The van der Waals surface area contributed by atoms with Gasteiger partial charge in [-0.25, -0.2) is 13.9 Å². The van der Waals surface area contributed by atoms with E-state index in [9.17, 15) is 4.39 Å². The van der Waals surface area contributed by atoms with E-state index in [-0.39, 0.29) is 18.4 Å². The minimum Gasteiger partial charge on any atom is -0.380 e. The number of rotatable bonds is 5. The quantitative estimate of drug-likeness (QED) is 0.688. The Morgan fingerprint density at radius 2 is 2.22 bits per heavy atom. The summed E-state index contributed by atoms with van der Waals surface area (Å²) in [5, 5.41) is 7.87. The molecule has 0 radical (unpaired) electrons. The third-order valence-electron chi connectivity index (χ3n) is 4.97. The largest absolute Gasteiger partial charge is 0.380 e. The van der Waals surface area contributed by atoms with E-state index in [2.05, 4.69) is 20.2 Å². The molecule has 2 aliphatic heterocycles. The van der Waals surface area contributed by atoms with Gasteiger partial charge in [-0.3, -0.25) is 4.98 Å². The minimum atomic E-state index is -0.390. The third-order valence-corrected chi connectivity index (χ3v) is 4.97. The maximum Gasteiger partial charge on any atom is 0.161 e. The second kappa shape index (κ2) is 6.43. The Morgan fingerprint density at radius 3 is 3.04 bits per heavy atom. The molecule has 0 bridgehead atoms. The average molecular weight is 370 g/mol. The summed E-state index contributed by atoms with van der Waals surface area (Å²) in [6.07, 6.45) is 5.27. The molecular weight excluding hydrogens is 351 g/mol. The van der Waals surface area contributed by atoms with Gasteiger partial charge in [-0.1, -0.05) is 0 Å². The Morgan fingerprint density at radius 1 is 1.30 bits per heavy atom. The summed E-state index contributed by atoms with van der Waals surface area (Å²) in [7, 11) is 1.74. The number of imidazole rings is 1. The van der Waals surface area contributed by atoms with Gasteiger partial charge in [0.15, 0.2) is 11.9 Å². The molecule has 0 amide bonds. The van der Waals surface area contributed by atoms with E-state index in [1.54, 1.807) is 19.5 Å². The van der Waals surface area contributed by atoms with Gasteiger partial charge >= 0.3 is 0 Å². The Balaban J connectivity index is 1.36. The number of ether oxygens (including phenoxy) is 2. The van der Waals surface area contributed by atoms with Crippen molar-refractivity contribution in [1.82, 2.24) is 19.6 Å². The molecule has 0 aromatic carbocycles. The first-order valence-electron chi connectivity index (χ1n) is 8.86. The van der Waals surface area contributed by atoms with Crippen LogP contribution in [0.25, 0.3) is 5.65 Å². The number of methoxy groups -OCH3 is 1. The first-order valence-corrected chi connectivity index (χ1v) is 8.86. The fraction of sp³-hybridized carbons (Fsp3) is 0.389. The fourth-order valence-corrected chi connectivity index (χ4v) is 3.47. The summed E-state index contributed by atoms with van der Waals surface area (Å²) in [5.41, 5.74) is 2.20. The number of pyridine rings is 1. The number of anilines is 2. The summed E-state index contributed by atoms with van der Waals surface area (Å²) in [5.74, 6) is 0.499. The molecule has 2 aliphatic rings. The van der Waals surface area contributed by atoms with E-state index in [1.807, 2.05) is 16.6 Å². The molecule has 2 unspecified atom stereocenters. The van der Waals surface area contributed by atoms with Gasteiger partial charge in [0.1, 0.15) is 17.7 Å². The number of halogens is 1. The highest BCUT2D eigenvalue weighted by Crippen LogP contribution is 2.39. The van der Waals surface area contributed by atoms with Gasteiger partial charge < -0.3 is 19.7 Å². The number of fused-ring (bicyclic) bond motifs is 1. The molecule has 140 valence electrons. The van der Waals surface area contributed by atoms with E-state index >= 15 is 0 Å². The minimum absolute atomic E-state index is 0.198. The lowest BCUT2D eigenvalue weighted by molar-refractivity contribution is 0.121. The number of hydrogen-bond acceptors (Lipinski definition) is 7. The number of hydrogen-bond donors (Lipinski definition) is 1. The van der Waals surface area contributed by atoms with Crippen molar-refractivity contribution in [1.29, 1.82) is 0 Å². The monoisotopic (exact) mass is 370 g/mol. The van der Waals surface area contributed by atoms with Crippen LogP contribution in [0.5, 0.6) is 0 Å². The maximum atomic E-state index is 13.3. The summed E-state index contributed by atoms with van der Waals surface area (Å²) in [6, 6.07) is 5.31. The molecule has 0 saturated carbocycles. The lowest BCUT2D eigenvalue weighted by atomic mass is 10.3. The van der Waals surface area contributed by atoms with Crippen molar-refractivity contribution in [2.45, 2.75) is 24.9 Å². The number of epoxide rings is 1. The van der Waals surface area contributed by atoms with Crippen LogP contribution in [0.4, 0.5) is 15.9 Å². The topological polar surface area (TPSA) is 80.1 Å². The van der Waals surface area contributed by atoms with Gasteiger partial charge in [-0.15, -0.1) is 5.10 Å². The number of nitrogens with zero attached hydrogens (tertiary/aromatic N) is 5. The molecule has 0 aliphatic carbocycles. The van der Waals surface area contributed by atoms with Crippen molar-refractivity contribution >= 4 is 17.2 Å². The van der Waals surface area contributed by atoms with Gasteiger partial charge in [0.05, 0.1) is 36.1 Å². The summed E-state index contributed by atoms with van der Waals surface area (Å²) < 4.78 is 26.2. The number of nitrogens with one attached hydrogen (secondary N) is 1. The molecule has 5 heterocycles. The summed E-state index contributed by atoms with van der Waals surface area (Å²) in [6.45, 7) is 1.74. The van der Waals surface area contributed by atoms with E-state index in [4.69, 9.17) is 14.6 Å². The zero-order valence-electron chi connectivity index (χ0n) is 14.7. The zero-order valence-corrected chi connectivity index (χ0v) is 14.7. The van der Waals surface area contributed by atoms with Gasteiger partial charge in [-0.2, -0.15) is 0 Å². The van der Waals surface area contributed by atoms with E-state index in [1.165, 1.54) is 12.3 Å². The first kappa shape index (κ1) is 16.4. The fourth-order valence-electron chi connectivity index (χ4n) is 3.47. The van der Waals surface area contributed by atoms with Crippen LogP contribution in [0.2, 0.25) is 0 Å². The van der Waals surface area contributed by atoms with Crippen LogP contribution in [0, 0.1) is 5.82 Å². The predicted octanol–water partition coefficient (Wildman–Crippen LogP) is 2.00. The van der Waals surface area contributed by atoms with Crippen molar-refractivity contribution in [2.75, 3.05) is 30.4 Å². The zero-order chi connectivity index (χ0) is 18.4. The second-order valence-electron chi connectivity index (χ2n) is 6.75. The van der Waals surface area contributed by atoms with Crippen LogP contribution < -0.4 is 10.2 Å². The maximum absolute atomic E-state index is 13.3. The Labute approximate surface area is 154 Å². The van der Waals surface area contributed by atoms with Gasteiger partial charge in [-0.05, 0) is 18.6 Å². The summed E-state index contributed by atoms with van der Waals surface area (Å²) >= 11 is 0. The van der Waals surface area contributed by atoms with Crippen LogP contribution >= 0.6 is 0 Å². The van der Waals surface area contributed by atoms with Crippen LogP contribution in [0.15, 0.2) is 36.8 Å². The molecule has 2 saturated heterocycles. The Bertz CT molecular complexity index is 979. The second-order valence-corrected chi connectivity index (χ2v) is 6.75. The van der Waals surface area contributed by atoms with Crippen LogP contribution in [0.3, 0.4) is 0 Å². The van der Waals surface area contributed by atoms with Crippen molar-refractivity contribution in [3.8, 4) is 0 Å². The van der Waals surface area contributed by atoms with E-state index in [0.29, 0.717) is 5.69 Å². The highest BCUT2D eigenvalue weighted by atomic mass is 19.1. The lowest BCUT2D eigenvalue weighted by Gasteiger charge is -2.17. The SMILES string of the molecule is CO[C@H]1CCN(c2ccc3ncc(C4OC4Nc4cncc(F)c4)n3n2)C1. The van der Waals surface area contributed by atoms with Gasteiger partial charge in [0, 0.05) is 26.3 Å². The molecule has 0 spiro atoms. The Hall–Kier alpha value is -2.78. The molecule has 1 N–H and O–H groups in total. The van der Waals surface area contributed by atoms with Crippen molar-refractivity contribution in [2.24, 2.45) is 0 Å². The van der Waals surface area contributed by atoms with Crippen LogP contribution in [-0.2, 0) is 9.47 Å². The van der Waals surface area contributed by atoms with Crippen LogP contribution in [0.1, 0.15) is 18.2 Å². The highest BCUT2D eigenvalue weighted by Gasteiger charge is 2.43. The number of aromatic nitrogens is 4. The normalized spacial score (nSPS) is 24.5. The molecule has 3 atom stereocenters. The molecular formula is C18H19FN6O2. The third kappa shape index (κ3) is 3.08. The molecule has 27 heavy (non-hydrogen) atoms. The summed E-state index contributed by atoms with van der Waals surface area (Å²) in [4.78, 5) is 10.5. The standard InChI is InChI=1S/C18H19FN6O2/c1-26-13-4-5-24(10-13)16-3-2-15-21-9-14(25(15)23-16)17-18(27-17)22-12-6-11(19)7-20-8-12/h2-3,6-9,13,17-18,22H,4-5,10H2,1H3/t13-,17?,18?/m0/s1. The van der Waals surface area contributed by atoms with E-state index in [0.717, 1.165) is 36.7 Å². The molecule has 5 rings (SSSR count). The molecule has 3 aromatic heterocycles. The molecule has 9 heteroatoms. The average Bonchev–Trinajstić information content (AvgIpc) is 3.09. The highest BCUT2D eigenvalue weighted by molar-refractivity contribution is 5.49. The van der Waals surface area contributed by atoms with Crippen molar-refractivity contribution in [3.05, 3.63) is 48.3 Å². The molecule has 2 fully saturated rings. The first-order chi connectivity index (χ1) is 13.2. The van der Waals surface area contributed by atoms with Gasteiger partial charge in [0.2, 0.25) is 0 Å². The molecule has 8 nitrogen and oxygen atoms in total. The lowest BCUT2D eigenvalue weighted by Crippen LogP contribution is -2.23. The predicted molar refractivity (Wildman–Crippen MR) is 96.0 cm³/mol.